The van der Waals surface area contributed by atoms with Crippen LogP contribution in [0.2, 0.25) is 0 Å². The van der Waals surface area contributed by atoms with E-state index in [1.165, 1.54) is 17.4 Å². The Bertz CT molecular complexity index is 1650. The molecule has 224 valence electrons. The van der Waals surface area contributed by atoms with Crippen LogP contribution in [0.5, 0.6) is 11.5 Å². The second-order valence-corrected chi connectivity index (χ2v) is 13.2. The fourth-order valence-corrected chi connectivity index (χ4v) is 6.82. The molecule has 4 aromatic rings. The first-order valence-corrected chi connectivity index (χ1v) is 15.5. The predicted octanol–water partition coefficient (Wildman–Crippen LogP) is 5.62. The molecule has 1 saturated heterocycles. The summed E-state index contributed by atoms with van der Waals surface area (Å²) in [5, 5.41) is 9.29. The van der Waals surface area contributed by atoms with Crippen LogP contribution >= 0.6 is 11.3 Å². The Hall–Kier alpha value is -3.73. The van der Waals surface area contributed by atoms with E-state index < -0.39 is 12.4 Å². The van der Waals surface area contributed by atoms with Gasteiger partial charge in [0.25, 0.3) is 0 Å². The molecule has 0 spiro atoms. The molecule has 4 heterocycles. The van der Waals surface area contributed by atoms with E-state index >= 15 is 0 Å². The number of carbonyl (C=O) groups is 2. The maximum absolute atomic E-state index is 15.0. The van der Waals surface area contributed by atoms with Gasteiger partial charge in [0.1, 0.15) is 18.1 Å². The van der Waals surface area contributed by atoms with Crippen molar-refractivity contribution < 1.29 is 23.8 Å². The molecule has 0 radical (unpaired) electrons. The van der Waals surface area contributed by atoms with Crippen molar-refractivity contribution in [2.24, 2.45) is 5.92 Å². The number of Topliss-reactive ketones (excluding diaryl/α,β-unsaturated/α-hetero) is 1. The second-order valence-electron chi connectivity index (χ2n) is 12.1. The number of ether oxygens (including phenoxy) is 1. The number of rotatable bonds is 10. The van der Waals surface area contributed by atoms with E-state index in [1.54, 1.807) is 29.3 Å². The number of fused-ring (bicyclic) bond motifs is 1. The molecule has 2 fully saturated rings. The molecular formula is C33H35FN4O4S. The summed E-state index contributed by atoms with van der Waals surface area (Å²) in [6, 6.07) is 12.5. The van der Waals surface area contributed by atoms with Gasteiger partial charge in [-0.25, -0.2) is 4.39 Å². The first-order chi connectivity index (χ1) is 20.7. The normalized spacial score (nSPS) is 16.9. The number of nitrogens with zero attached hydrogens (tertiary/aromatic N) is 4. The lowest BCUT2D eigenvalue weighted by Gasteiger charge is -2.47. The molecule has 0 bridgehead atoms. The average molecular weight is 603 g/mol. The Morgan fingerprint density at radius 1 is 1.07 bits per heavy atom. The molecule has 43 heavy (non-hydrogen) atoms. The predicted molar refractivity (Wildman–Crippen MR) is 164 cm³/mol. The maximum Gasteiger partial charge on any atom is 0.248 e. The zero-order chi connectivity index (χ0) is 30.1. The minimum atomic E-state index is -0.500. The molecule has 1 amide bonds. The van der Waals surface area contributed by atoms with Gasteiger partial charge in [-0.3, -0.25) is 24.5 Å². The van der Waals surface area contributed by atoms with Crippen LogP contribution in [-0.2, 0) is 22.6 Å². The molecule has 2 aliphatic rings. The first kappa shape index (κ1) is 29.3. The number of halogens is 1. The van der Waals surface area contributed by atoms with Gasteiger partial charge in [0, 0.05) is 57.5 Å². The molecule has 0 unspecified atom stereocenters. The summed E-state index contributed by atoms with van der Waals surface area (Å²) < 4.78 is 21.8. The van der Waals surface area contributed by atoms with E-state index in [0.29, 0.717) is 43.3 Å². The van der Waals surface area contributed by atoms with Gasteiger partial charge in [-0.15, -0.1) is 11.3 Å². The van der Waals surface area contributed by atoms with E-state index in [1.807, 2.05) is 32.2 Å². The van der Waals surface area contributed by atoms with Gasteiger partial charge < -0.3 is 14.7 Å². The van der Waals surface area contributed by atoms with Gasteiger partial charge in [0.2, 0.25) is 5.91 Å². The van der Waals surface area contributed by atoms with Gasteiger partial charge in [-0.2, -0.15) is 0 Å². The highest BCUT2D eigenvalue weighted by molar-refractivity contribution is 7.22. The number of carbonyl (C=O) groups excluding carboxylic acids is 2. The van der Waals surface area contributed by atoms with E-state index in [4.69, 9.17) is 9.72 Å². The molecule has 10 heteroatoms. The largest absolute Gasteiger partial charge is 0.453 e. The SMILES string of the molecule is CC1(C)CN(Cc2ccc(-c3cc4nccc(Oc5ccc(CC(=O)CC6CC6)cc5F)c4s3)nc2)CCN1C(=O)CO. The van der Waals surface area contributed by atoms with Crippen LogP contribution in [0.1, 0.15) is 44.2 Å². The van der Waals surface area contributed by atoms with Crippen molar-refractivity contribution in [1.29, 1.82) is 0 Å². The molecule has 0 atom stereocenters. The quantitative estimate of drug-likeness (QED) is 0.252. The summed E-state index contributed by atoms with van der Waals surface area (Å²) in [4.78, 5) is 38.5. The Morgan fingerprint density at radius 3 is 2.58 bits per heavy atom. The van der Waals surface area contributed by atoms with Crippen LogP contribution < -0.4 is 4.74 Å². The monoisotopic (exact) mass is 602 g/mol. The van der Waals surface area contributed by atoms with Gasteiger partial charge in [0.05, 0.1) is 26.3 Å². The second kappa shape index (κ2) is 12.1. The Morgan fingerprint density at radius 2 is 1.88 bits per heavy atom. The van der Waals surface area contributed by atoms with Gasteiger partial charge in [-0.1, -0.05) is 12.1 Å². The number of benzene rings is 1. The molecule has 1 saturated carbocycles. The summed E-state index contributed by atoms with van der Waals surface area (Å²) in [5.74, 6) is 0.545. The zero-order valence-electron chi connectivity index (χ0n) is 24.4. The average Bonchev–Trinajstić information content (AvgIpc) is 3.67. The van der Waals surface area contributed by atoms with Gasteiger partial charge >= 0.3 is 0 Å². The van der Waals surface area contributed by atoms with Gasteiger partial charge in [0.15, 0.2) is 11.6 Å². The standard InChI is InChI=1S/C33H35FN4O4S/c1-33(2)20-37(11-12-38(33)31(41)19-39)18-23-5-7-26(36-17-23)30-16-27-32(43-30)29(9-10-35-27)42-28-8-6-22(15-25(28)34)14-24(40)13-21-3-4-21/h5-10,15-17,21,39H,3-4,11-14,18-20H2,1-2H3. The smallest absolute Gasteiger partial charge is 0.248 e. The van der Waals surface area contributed by atoms with Crippen molar-refractivity contribution in [2.75, 3.05) is 26.2 Å². The van der Waals surface area contributed by atoms with Crippen molar-refractivity contribution in [2.45, 2.75) is 51.6 Å². The molecular weight excluding hydrogens is 567 g/mol. The fourth-order valence-electron chi connectivity index (χ4n) is 5.78. The van der Waals surface area contributed by atoms with Crippen molar-refractivity contribution in [3.8, 4) is 22.1 Å². The van der Waals surface area contributed by atoms with Crippen LogP contribution in [0, 0.1) is 11.7 Å². The third-order valence-corrected chi connectivity index (χ3v) is 9.27. The summed E-state index contributed by atoms with van der Waals surface area (Å²) >= 11 is 1.49. The van der Waals surface area contributed by atoms with Crippen LogP contribution in [0.15, 0.2) is 54.9 Å². The molecule has 8 nitrogen and oxygen atoms in total. The van der Waals surface area contributed by atoms with Crippen LogP contribution in [0.4, 0.5) is 4.39 Å². The zero-order valence-corrected chi connectivity index (χ0v) is 25.2. The lowest BCUT2D eigenvalue weighted by Crippen LogP contribution is -2.61. The number of pyridine rings is 2. The molecule has 1 aliphatic carbocycles. The lowest BCUT2D eigenvalue weighted by atomic mass is 9.98. The summed E-state index contributed by atoms with van der Waals surface area (Å²) in [5.41, 5.74) is 2.91. The Kier molecular flexibility index (Phi) is 8.26. The first-order valence-electron chi connectivity index (χ1n) is 14.6. The summed E-state index contributed by atoms with van der Waals surface area (Å²) in [7, 11) is 0. The topological polar surface area (TPSA) is 95.9 Å². The Balaban J connectivity index is 1.13. The number of ketones is 1. The number of aliphatic hydroxyl groups excluding tert-OH is 1. The number of piperazine rings is 1. The van der Waals surface area contributed by atoms with Gasteiger partial charge in [-0.05, 0) is 68.0 Å². The number of thiophene rings is 1. The summed E-state index contributed by atoms with van der Waals surface area (Å²) in [6.07, 6.45) is 6.57. The van der Waals surface area contributed by atoms with E-state index in [9.17, 15) is 19.1 Å². The van der Waals surface area contributed by atoms with Crippen LogP contribution in [-0.4, -0.2) is 68.3 Å². The minimum Gasteiger partial charge on any atom is -0.453 e. The van der Waals surface area contributed by atoms with Crippen LogP contribution in [0.3, 0.4) is 0 Å². The maximum atomic E-state index is 15.0. The third-order valence-electron chi connectivity index (χ3n) is 8.11. The third kappa shape index (κ3) is 6.76. The number of aromatic nitrogens is 2. The highest BCUT2D eigenvalue weighted by Gasteiger charge is 2.36. The van der Waals surface area contributed by atoms with Crippen molar-refractivity contribution in [3.63, 3.8) is 0 Å². The lowest BCUT2D eigenvalue weighted by molar-refractivity contribution is -0.143. The fraction of sp³-hybridized carbons (Fsp3) is 0.394. The number of hydrogen-bond donors (Lipinski definition) is 1. The molecule has 3 aromatic heterocycles. The molecule has 1 aromatic carbocycles. The minimum absolute atomic E-state index is 0.105. The highest BCUT2D eigenvalue weighted by atomic mass is 32.1. The molecule has 1 N–H and O–H groups in total. The number of aliphatic hydroxyl groups is 1. The summed E-state index contributed by atoms with van der Waals surface area (Å²) in [6.45, 7) is 6.28. The molecule has 6 rings (SSSR count). The van der Waals surface area contributed by atoms with E-state index in [2.05, 4.69) is 16.0 Å². The van der Waals surface area contributed by atoms with Crippen molar-refractivity contribution in [3.05, 3.63) is 71.8 Å². The highest BCUT2D eigenvalue weighted by Crippen LogP contribution is 2.39. The Labute approximate surface area is 254 Å². The van der Waals surface area contributed by atoms with Crippen molar-refractivity contribution in [1.82, 2.24) is 19.8 Å². The van der Waals surface area contributed by atoms with E-state index in [0.717, 1.165) is 45.7 Å². The van der Waals surface area contributed by atoms with E-state index in [-0.39, 0.29) is 29.4 Å². The van der Waals surface area contributed by atoms with Crippen LogP contribution in [0.25, 0.3) is 20.8 Å². The number of amides is 1. The number of hydrogen-bond acceptors (Lipinski definition) is 8. The van der Waals surface area contributed by atoms with Crippen molar-refractivity contribution >= 4 is 33.2 Å². The molecule has 1 aliphatic heterocycles.